The number of benzene rings is 1. The van der Waals surface area contributed by atoms with E-state index < -0.39 is 5.82 Å². The third kappa shape index (κ3) is 1.12. The quantitative estimate of drug-likeness (QED) is 0.649. The Bertz CT molecular complexity index is 529. The number of thiazole rings is 1. The van der Waals surface area contributed by atoms with Gasteiger partial charge in [0, 0.05) is 12.7 Å². The van der Waals surface area contributed by atoms with Crippen LogP contribution in [0.4, 0.5) is 10.1 Å². The normalized spacial score (nSPS) is 10.9. The summed E-state index contributed by atoms with van der Waals surface area (Å²) in [5.74, 6) is -0.448. The van der Waals surface area contributed by atoms with Gasteiger partial charge in [0.25, 0.3) is 0 Å². The van der Waals surface area contributed by atoms with Crippen molar-refractivity contribution >= 4 is 27.2 Å². The molecule has 1 aromatic carbocycles. The summed E-state index contributed by atoms with van der Waals surface area (Å²) in [6.45, 7) is 0. The van der Waals surface area contributed by atoms with Crippen LogP contribution in [0.25, 0.3) is 10.2 Å². The van der Waals surface area contributed by atoms with Crippen LogP contribution in [0.1, 0.15) is 0 Å². The Morgan fingerprint density at radius 2 is 2.23 bits per heavy atom. The zero-order valence-electron chi connectivity index (χ0n) is 6.87. The molecule has 0 spiro atoms. The Hall–Kier alpha value is -1.36. The molecule has 0 amide bonds. The van der Waals surface area contributed by atoms with Gasteiger partial charge in [0.05, 0.1) is 10.2 Å². The van der Waals surface area contributed by atoms with Gasteiger partial charge in [-0.15, -0.1) is 0 Å². The Morgan fingerprint density at radius 1 is 1.54 bits per heavy atom. The highest BCUT2D eigenvalue weighted by atomic mass is 32.1. The minimum Gasteiger partial charge on any atom is -0.399 e. The second-order valence-electron chi connectivity index (χ2n) is 2.78. The first-order chi connectivity index (χ1) is 6.09. The summed E-state index contributed by atoms with van der Waals surface area (Å²) in [7, 11) is 1.54. The van der Waals surface area contributed by atoms with E-state index in [9.17, 15) is 9.18 Å². The first-order valence-electron chi connectivity index (χ1n) is 3.64. The first kappa shape index (κ1) is 8.25. The lowest BCUT2D eigenvalue weighted by molar-refractivity contribution is 0.631. The maximum Gasteiger partial charge on any atom is 0.307 e. The average molecular weight is 198 g/mol. The van der Waals surface area contributed by atoms with Gasteiger partial charge in [-0.3, -0.25) is 9.36 Å². The van der Waals surface area contributed by atoms with Crippen molar-refractivity contribution in [2.45, 2.75) is 0 Å². The molecule has 2 N–H and O–H groups in total. The molecule has 0 saturated heterocycles. The number of hydrogen-bond donors (Lipinski definition) is 1. The molecule has 13 heavy (non-hydrogen) atoms. The molecule has 68 valence electrons. The smallest absolute Gasteiger partial charge is 0.307 e. The second-order valence-corrected chi connectivity index (χ2v) is 3.77. The predicted octanol–water partition coefficient (Wildman–Crippen LogP) is 1.32. The first-order valence-corrected chi connectivity index (χ1v) is 4.46. The molecule has 0 radical (unpaired) electrons. The van der Waals surface area contributed by atoms with Crippen LogP contribution in [0.3, 0.4) is 0 Å². The van der Waals surface area contributed by atoms with Crippen LogP contribution in [-0.4, -0.2) is 4.57 Å². The summed E-state index contributed by atoms with van der Waals surface area (Å²) in [4.78, 5) is 11.0. The van der Waals surface area contributed by atoms with Crippen molar-refractivity contribution in [3.8, 4) is 0 Å². The van der Waals surface area contributed by atoms with Crippen LogP contribution in [-0.2, 0) is 7.05 Å². The number of nitrogen functional groups attached to an aromatic ring is 1. The highest BCUT2D eigenvalue weighted by molar-refractivity contribution is 7.16. The van der Waals surface area contributed by atoms with Gasteiger partial charge in [0.15, 0.2) is 0 Å². The maximum absolute atomic E-state index is 13.3. The van der Waals surface area contributed by atoms with E-state index in [0.717, 1.165) is 11.3 Å². The molecular weight excluding hydrogens is 191 g/mol. The van der Waals surface area contributed by atoms with E-state index in [1.807, 2.05) is 0 Å². The zero-order valence-corrected chi connectivity index (χ0v) is 7.69. The third-order valence-electron chi connectivity index (χ3n) is 1.86. The van der Waals surface area contributed by atoms with Gasteiger partial charge in [-0.05, 0) is 12.1 Å². The molecule has 0 bridgehead atoms. The monoisotopic (exact) mass is 198 g/mol. The summed E-state index contributed by atoms with van der Waals surface area (Å²) in [5, 5.41) is 0. The van der Waals surface area contributed by atoms with E-state index in [-0.39, 0.29) is 4.87 Å². The van der Waals surface area contributed by atoms with Gasteiger partial charge in [0.2, 0.25) is 0 Å². The molecule has 0 aliphatic carbocycles. The summed E-state index contributed by atoms with van der Waals surface area (Å²) in [6.07, 6.45) is 0. The van der Waals surface area contributed by atoms with Crippen LogP contribution in [0.15, 0.2) is 16.9 Å². The van der Waals surface area contributed by atoms with Gasteiger partial charge in [-0.1, -0.05) is 11.3 Å². The lowest BCUT2D eigenvalue weighted by Crippen LogP contribution is -2.07. The Balaban J connectivity index is 3.03. The predicted molar refractivity (Wildman–Crippen MR) is 51.4 cm³/mol. The fourth-order valence-electron chi connectivity index (χ4n) is 1.25. The molecular formula is C8H7FN2OS. The van der Waals surface area contributed by atoms with E-state index >= 15 is 0 Å². The SMILES string of the molecule is Cn1c(=O)sc2cc(N)cc(F)c21. The molecule has 0 aliphatic rings. The summed E-state index contributed by atoms with van der Waals surface area (Å²) in [5.41, 5.74) is 6.10. The molecule has 0 unspecified atom stereocenters. The molecule has 1 heterocycles. The largest absolute Gasteiger partial charge is 0.399 e. The molecule has 0 saturated carbocycles. The van der Waals surface area contributed by atoms with Crippen LogP contribution in [0.2, 0.25) is 0 Å². The third-order valence-corrected chi connectivity index (χ3v) is 2.84. The molecule has 0 fully saturated rings. The number of fused-ring (bicyclic) bond motifs is 1. The van der Waals surface area contributed by atoms with Crippen LogP contribution >= 0.6 is 11.3 Å². The van der Waals surface area contributed by atoms with Gasteiger partial charge < -0.3 is 5.73 Å². The number of anilines is 1. The minimum absolute atomic E-state index is 0.181. The van der Waals surface area contributed by atoms with Crippen molar-refractivity contribution < 1.29 is 4.39 Å². The van der Waals surface area contributed by atoms with Crippen molar-refractivity contribution in [3.63, 3.8) is 0 Å². The number of aromatic nitrogens is 1. The Kier molecular flexibility index (Phi) is 1.63. The van der Waals surface area contributed by atoms with Crippen LogP contribution < -0.4 is 10.6 Å². The lowest BCUT2D eigenvalue weighted by Gasteiger charge is -1.97. The van der Waals surface area contributed by atoms with Gasteiger partial charge in [-0.25, -0.2) is 4.39 Å². The molecule has 2 aromatic rings. The fourth-order valence-corrected chi connectivity index (χ4v) is 2.19. The summed E-state index contributed by atoms with van der Waals surface area (Å²) in [6, 6.07) is 2.82. The molecule has 2 rings (SSSR count). The number of nitrogens with zero attached hydrogens (tertiary/aromatic N) is 1. The molecule has 5 heteroatoms. The van der Waals surface area contributed by atoms with Gasteiger partial charge in [-0.2, -0.15) is 0 Å². The summed E-state index contributed by atoms with van der Waals surface area (Å²) < 4.78 is 15.2. The molecule has 0 aliphatic heterocycles. The van der Waals surface area contributed by atoms with Crippen molar-refractivity contribution in [2.75, 3.05) is 5.73 Å². The molecule has 1 aromatic heterocycles. The van der Waals surface area contributed by atoms with E-state index in [4.69, 9.17) is 5.73 Å². The molecule has 0 atom stereocenters. The number of nitrogens with two attached hydrogens (primary N) is 1. The summed E-state index contributed by atoms with van der Waals surface area (Å²) >= 11 is 0.994. The van der Waals surface area contributed by atoms with E-state index in [1.54, 1.807) is 13.1 Å². The van der Waals surface area contributed by atoms with Gasteiger partial charge in [0.1, 0.15) is 5.82 Å². The topological polar surface area (TPSA) is 48.0 Å². The highest BCUT2D eigenvalue weighted by Crippen LogP contribution is 2.22. The minimum atomic E-state index is -0.448. The van der Waals surface area contributed by atoms with Crippen molar-refractivity contribution in [1.29, 1.82) is 0 Å². The fraction of sp³-hybridized carbons (Fsp3) is 0.125. The van der Waals surface area contributed by atoms with Gasteiger partial charge >= 0.3 is 4.87 Å². The van der Waals surface area contributed by atoms with Crippen molar-refractivity contribution in [1.82, 2.24) is 4.57 Å². The highest BCUT2D eigenvalue weighted by Gasteiger charge is 2.09. The van der Waals surface area contributed by atoms with Crippen LogP contribution in [0.5, 0.6) is 0 Å². The van der Waals surface area contributed by atoms with E-state index in [1.165, 1.54) is 10.6 Å². The van der Waals surface area contributed by atoms with E-state index in [0.29, 0.717) is 15.9 Å². The number of aryl methyl sites for hydroxylation is 1. The standard InChI is InChI=1S/C8H7FN2OS/c1-11-7-5(9)2-4(10)3-6(7)13-8(11)12/h2-3H,10H2,1H3. The Labute approximate surface area is 77.2 Å². The second kappa shape index (κ2) is 2.56. The Morgan fingerprint density at radius 3 is 2.92 bits per heavy atom. The van der Waals surface area contributed by atoms with Crippen LogP contribution in [0, 0.1) is 5.82 Å². The number of hydrogen-bond acceptors (Lipinski definition) is 3. The lowest BCUT2D eigenvalue weighted by atomic mass is 10.3. The molecule has 3 nitrogen and oxygen atoms in total. The van der Waals surface area contributed by atoms with Crippen molar-refractivity contribution in [3.05, 3.63) is 27.6 Å². The number of halogens is 1. The van der Waals surface area contributed by atoms with Crippen molar-refractivity contribution in [2.24, 2.45) is 7.05 Å². The zero-order chi connectivity index (χ0) is 9.59. The average Bonchev–Trinajstić information content (AvgIpc) is 2.27. The maximum atomic E-state index is 13.3. The number of rotatable bonds is 0. The van der Waals surface area contributed by atoms with E-state index in [2.05, 4.69) is 0 Å².